The lowest BCUT2D eigenvalue weighted by Crippen LogP contribution is -2.04. The number of nitrogen functional groups attached to an aromatic ring is 2. The highest BCUT2D eigenvalue weighted by molar-refractivity contribution is 6.09. The number of hydrogen-bond donors (Lipinski definition) is 2. The van der Waals surface area contributed by atoms with Crippen molar-refractivity contribution in [3.63, 3.8) is 0 Å². The molecule has 4 nitrogen and oxygen atoms in total. The topological polar surface area (TPSA) is 78.3 Å². The predicted molar refractivity (Wildman–Crippen MR) is 50.6 cm³/mol. The largest absolute Gasteiger partial charge is 0.525 e. The Morgan fingerprint density at radius 1 is 1.25 bits per heavy atom. The van der Waals surface area contributed by atoms with Gasteiger partial charge in [0.2, 0.25) is 10.5 Å². The van der Waals surface area contributed by atoms with Gasteiger partial charge in [0.05, 0.1) is 5.56 Å². The number of hydrogen-bond acceptors (Lipinski definition) is 4. The maximum absolute atomic E-state index is 11.0. The maximum Gasteiger partial charge on any atom is 0.324 e. The quantitative estimate of drug-likeness (QED) is 0.444. The third-order valence-electron chi connectivity index (χ3n) is 1.40. The molecule has 0 saturated heterocycles. The number of nitrogens with two attached hydrogens (primary N) is 2. The minimum atomic E-state index is -0.374. The molecule has 0 unspecified atom stereocenters. The van der Waals surface area contributed by atoms with Crippen molar-refractivity contribution in [1.82, 2.24) is 0 Å². The lowest BCUT2D eigenvalue weighted by molar-refractivity contribution is 0.0750. The van der Waals surface area contributed by atoms with E-state index in [9.17, 15) is 4.79 Å². The van der Waals surface area contributed by atoms with E-state index in [1.807, 2.05) is 0 Å². The van der Waals surface area contributed by atoms with E-state index in [0.717, 1.165) is 0 Å². The summed E-state index contributed by atoms with van der Waals surface area (Å²) in [7, 11) is 0.372. The van der Waals surface area contributed by atoms with E-state index in [4.69, 9.17) is 11.5 Å². The number of anilines is 2. The highest BCUT2D eigenvalue weighted by Gasteiger charge is 2.05. The van der Waals surface area contributed by atoms with E-state index in [2.05, 4.69) is 4.43 Å². The van der Waals surface area contributed by atoms with E-state index in [0.29, 0.717) is 27.4 Å². The van der Waals surface area contributed by atoms with Crippen LogP contribution in [0.1, 0.15) is 10.4 Å². The Labute approximate surface area is 73.0 Å². The van der Waals surface area contributed by atoms with Crippen LogP contribution < -0.4 is 11.5 Å². The SMILES string of the molecule is Nc1cc(N)cc(C(=O)O[SiH3])c1. The molecule has 0 aliphatic rings. The molecule has 0 fully saturated rings. The van der Waals surface area contributed by atoms with E-state index in [1.54, 1.807) is 6.07 Å². The zero-order valence-corrected chi connectivity index (χ0v) is 8.70. The third-order valence-corrected chi connectivity index (χ3v) is 1.77. The van der Waals surface area contributed by atoms with Gasteiger partial charge in [0.1, 0.15) is 0 Å². The Kier molecular flexibility index (Phi) is 2.34. The molecule has 0 spiro atoms. The lowest BCUT2D eigenvalue weighted by Gasteiger charge is -2.02. The van der Waals surface area contributed by atoms with E-state index in [1.165, 1.54) is 12.1 Å². The fourth-order valence-electron chi connectivity index (χ4n) is 0.912. The van der Waals surface area contributed by atoms with Gasteiger partial charge in [0.25, 0.3) is 0 Å². The first kappa shape index (κ1) is 8.60. The molecule has 1 aromatic carbocycles. The summed E-state index contributed by atoms with van der Waals surface area (Å²) in [6.45, 7) is 0. The monoisotopic (exact) mass is 182 g/mol. The zero-order chi connectivity index (χ0) is 9.14. The first-order valence-electron chi connectivity index (χ1n) is 3.38. The summed E-state index contributed by atoms with van der Waals surface area (Å²) in [6, 6.07) is 4.66. The second-order valence-electron chi connectivity index (χ2n) is 2.38. The Balaban J connectivity index is 3.08. The molecule has 0 amide bonds. The summed E-state index contributed by atoms with van der Waals surface area (Å²) in [4.78, 5) is 11.0. The molecule has 0 atom stereocenters. The standard InChI is InChI=1S/C7H10N2O2Si/c8-5-1-4(7(10)11-12)2-6(9)3-5/h1-3H,8-9H2,12H3. The van der Waals surface area contributed by atoms with Gasteiger partial charge in [-0.2, -0.15) is 0 Å². The molecule has 0 aromatic heterocycles. The highest BCUT2D eigenvalue weighted by atomic mass is 28.2. The third kappa shape index (κ3) is 1.76. The van der Waals surface area contributed by atoms with Crippen LogP contribution in [0.3, 0.4) is 0 Å². The molecule has 1 rings (SSSR count). The fourth-order valence-corrected chi connectivity index (χ4v) is 1.15. The molecule has 12 heavy (non-hydrogen) atoms. The minimum absolute atomic E-state index is 0.372. The van der Waals surface area contributed by atoms with Gasteiger partial charge in [-0.3, -0.25) is 0 Å². The Morgan fingerprint density at radius 2 is 1.75 bits per heavy atom. The molecule has 0 heterocycles. The van der Waals surface area contributed by atoms with Crippen molar-refractivity contribution in [1.29, 1.82) is 0 Å². The fraction of sp³-hybridized carbons (Fsp3) is 0. The number of rotatable bonds is 1. The van der Waals surface area contributed by atoms with E-state index in [-0.39, 0.29) is 5.97 Å². The summed E-state index contributed by atoms with van der Waals surface area (Å²) in [5, 5.41) is 0. The van der Waals surface area contributed by atoms with Crippen LogP contribution in [0.5, 0.6) is 0 Å². The Bertz CT molecular complexity index is 294. The van der Waals surface area contributed by atoms with Gasteiger partial charge in [-0.1, -0.05) is 0 Å². The molecule has 0 saturated carbocycles. The van der Waals surface area contributed by atoms with Crippen LogP contribution in [0, 0.1) is 0 Å². The maximum atomic E-state index is 11.0. The smallest absolute Gasteiger partial charge is 0.324 e. The van der Waals surface area contributed by atoms with Gasteiger partial charge in [-0.05, 0) is 18.2 Å². The van der Waals surface area contributed by atoms with Crippen LogP contribution in [-0.4, -0.2) is 16.5 Å². The van der Waals surface area contributed by atoms with Crippen molar-refractivity contribution in [2.45, 2.75) is 0 Å². The summed E-state index contributed by atoms with van der Waals surface area (Å²) in [5.41, 5.74) is 12.3. The first-order valence-corrected chi connectivity index (χ1v) is 4.19. The van der Waals surface area contributed by atoms with Gasteiger partial charge in [0.15, 0.2) is 0 Å². The summed E-state index contributed by atoms with van der Waals surface area (Å²) >= 11 is 0. The van der Waals surface area contributed by atoms with Gasteiger partial charge < -0.3 is 15.9 Å². The van der Waals surface area contributed by atoms with Gasteiger partial charge >= 0.3 is 5.97 Å². The van der Waals surface area contributed by atoms with Crippen molar-refractivity contribution in [2.24, 2.45) is 0 Å². The molecular formula is C7H10N2O2Si. The van der Waals surface area contributed by atoms with Crippen LogP contribution in [0.15, 0.2) is 18.2 Å². The average Bonchev–Trinajstić information content (AvgIpc) is 2.01. The molecule has 5 heteroatoms. The molecule has 1 aromatic rings. The summed E-state index contributed by atoms with van der Waals surface area (Å²) in [5.74, 6) is -0.374. The van der Waals surface area contributed by atoms with Crippen LogP contribution in [0.25, 0.3) is 0 Å². The molecule has 4 N–H and O–H groups in total. The lowest BCUT2D eigenvalue weighted by atomic mass is 10.2. The van der Waals surface area contributed by atoms with E-state index < -0.39 is 0 Å². The van der Waals surface area contributed by atoms with Gasteiger partial charge in [-0.25, -0.2) is 4.79 Å². The second kappa shape index (κ2) is 3.27. The first-order chi connectivity index (χ1) is 5.63. The van der Waals surface area contributed by atoms with E-state index >= 15 is 0 Å². The number of benzene rings is 1. The molecule has 0 aliphatic carbocycles. The minimum Gasteiger partial charge on any atom is -0.525 e. The summed E-state index contributed by atoms with van der Waals surface area (Å²) < 4.78 is 4.64. The number of carbonyl (C=O) groups is 1. The van der Waals surface area contributed by atoms with Crippen LogP contribution in [0.4, 0.5) is 11.4 Å². The molecule has 0 radical (unpaired) electrons. The Hall–Kier alpha value is -1.49. The van der Waals surface area contributed by atoms with Crippen molar-refractivity contribution < 1.29 is 9.22 Å². The Morgan fingerprint density at radius 3 is 2.17 bits per heavy atom. The van der Waals surface area contributed by atoms with Gasteiger partial charge in [0, 0.05) is 11.4 Å². The highest BCUT2D eigenvalue weighted by Crippen LogP contribution is 2.13. The van der Waals surface area contributed by atoms with Crippen molar-refractivity contribution in [3.05, 3.63) is 23.8 Å². The zero-order valence-electron chi connectivity index (χ0n) is 6.70. The normalized spacial score (nSPS) is 9.67. The molecule has 0 bridgehead atoms. The van der Waals surface area contributed by atoms with Crippen LogP contribution in [0.2, 0.25) is 0 Å². The van der Waals surface area contributed by atoms with Crippen LogP contribution in [-0.2, 0) is 4.43 Å². The average molecular weight is 182 g/mol. The molecule has 64 valence electrons. The van der Waals surface area contributed by atoms with Crippen LogP contribution >= 0.6 is 0 Å². The van der Waals surface area contributed by atoms with Crippen molar-refractivity contribution >= 4 is 27.8 Å². The summed E-state index contributed by atoms with van der Waals surface area (Å²) in [6.07, 6.45) is 0. The molecular weight excluding hydrogens is 172 g/mol. The number of carbonyl (C=O) groups excluding carboxylic acids is 1. The van der Waals surface area contributed by atoms with Gasteiger partial charge in [-0.15, -0.1) is 0 Å². The van der Waals surface area contributed by atoms with Crippen molar-refractivity contribution in [3.8, 4) is 0 Å². The molecule has 0 aliphatic heterocycles. The second-order valence-corrected chi connectivity index (χ2v) is 2.79. The van der Waals surface area contributed by atoms with Crippen molar-refractivity contribution in [2.75, 3.05) is 11.5 Å². The predicted octanol–water partition coefficient (Wildman–Crippen LogP) is -0.712.